The molecular formula is C14H19NO. The summed E-state index contributed by atoms with van der Waals surface area (Å²) in [4.78, 5) is 14.1. The van der Waals surface area contributed by atoms with Crippen LogP contribution >= 0.6 is 0 Å². The van der Waals surface area contributed by atoms with Crippen molar-refractivity contribution in [3.8, 4) is 0 Å². The smallest absolute Gasteiger partial charge is 0.229 e. The number of benzene rings is 1. The van der Waals surface area contributed by atoms with Crippen LogP contribution < -0.4 is 0 Å². The van der Waals surface area contributed by atoms with Gasteiger partial charge in [0, 0.05) is 13.6 Å². The number of nitrogens with zero attached hydrogens (tertiary/aromatic N) is 1. The Morgan fingerprint density at radius 3 is 2.88 bits per heavy atom. The van der Waals surface area contributed by atoms with Crippen LogP contribution in [0.15, 0.2) is 24.3 Å². The van der Waals surface area contributed by atoms with Gasteiger partial charge >= 0.3 is 0 Å². The molecule has 1 atom stereocenters. The molecule has 0 spiro atoms. The molecule has 1 heterocycles. The lowest BCUT2D eigenvalue weighted by atomic mass is 9.90. The molecule has 0 aliphatic carbocycles. The Balaban J connectivity index is 2.41. The minimum absolute atomic E-state index is 0.0775. The quantitative estimate of drug-likeness (QED) is 0.745. The van der Waals surface area contributed by atoms with Crippen LogP contribution in [0.1, 0.15) is 36.8 Å². The van der Waals surface area contributed by atoms with E-state index in [1.54, 1.807) is 0 Å². The lowest BCUT2D eigenvalue weighted by molar-refractivity contribution is -0.131. The molecule has 0 aromatic heterocycles. The third-order valence-corrected chi connectivity index (χ3v) is 3.40. The third kappa shape index (κ3) is 1.97. The summed E-state index contributed by atoms with van der Waals surface area (Å²) in [5.41, 5.74) is 2.59. The van der Waals surface area contributed by atoms with Gasteiger partial charge in [0.05, 0.1) is 5.92 Å². The monoisotopic (exact) mass is 217 g/mol. The lowest BCUT2D eigenvalue weighted by Gasteiger charge is -2.20. The summed E-state index contributed by atoms with van der Waals surface area (Å²) in [5.74, 6) is 0.362. The van der Waals surface area contributed by atoms with Gasteiger partial charge < -0.3 is 4.90 Å². The van der Waals surface area contributed by atoms with Crippen molar-refractivity contribution in [2.24, 2.45) is 0 Å². The van der Waals surface area contributed by atoms with Crippen LogP contribution in [0, 0.1) is 0 Å². The normalized spacial score (nSPS) is 20.5. The molecule has 0 radical (unpaired) electrons. The molecular weight excluding hydrogens is 198 g/mol. The molecule has 2 heteroatoms. The van der Waals surface area contributed by atoms with Crippen LogP contribution in [0.3, 0.4) is 0 Å². The summed E-state index contributed by atoms with van der Waals surface area (Å²) in [5, 5.41) is 0. The van der Waals surface area contributed by atoms with Crippen molar-refractivity contribution in [2.75, 3.05) is 13.6 Å². The van der Waals surface area contributed by atoms with Gasteiger partial charge in [0.2, 0.25) is 5.91 Å². The van der Waals surface area contributed by atoms with E-state index < -0.39 is 0 Å². The second-order valence-corrected chi connectivity index (χ2v) is 4.55. The largest absolute Gasteiger partial charge is 0.345 e. The average Bonchev–Trinajstić information content (AvgIpc) is 2.42. The molecule has 16 heavy (non-hydrogen) atoms. The van der Waals surface area contributed by atoms with Crippen molar-refractivity contribution in [3.05, 3.63) is 35.4 Å². The highest BCUT2D eigenvalue weighted by molar-refractivity contribution is 5.84. The Kier molecular flexibility index (Phi) is 3.28. The van der Waals surface area contributed by atoms with Crippen LogP contribution in [-0.4, -0.2) is 24.4 Å². The second-order valence-electron chi connectivity index (χ2n) is 4.55. The number of carbonyl (C=O) groups excluding carboxylic acids is 1. The van der Waals surface area contributed by atoms with Gasteiger partial charge in [-0.05, 0) is 24.0 Å². The van der Waals surface area contributed by atoms with Gasteiger partial charge in [-0.3, -0.25) is 4.79 Å². The summed E-state index contributed by atoms with van der Waals surface area (Å²) in [7, 11) is 1.91. The van der Waals surface area contributed by atoms with E-state index in [4.69, 9.17) is 0 Å². The standard InChI is InChI=1S/C14H19NO/c1-3-6-13-12-8-5-4-7-11(12)9-10-15(2)14(13)16/h4-5,7-8,13H,3,6,9-10H2,1-2H3. The Morgan fingerprint density at radius 2 is 2.12 bits per heavy atom. The first-order chi connectivity index (χ1) is 7.74. The SMILES string of the molecule is CCCC1C(=O)N(C)CCc2ccccc21. The molecule has 1 aromatic carbocycles. The minimum atomic E-state index is 0.0775. The van der Waals surface area contributed by atoms with Crippen molar-refractivity contribution in [1.82, 2.24) is 4.90 Å². The van der Waals surface area contributed by atoms with Crippen molar-refractivity contribution < 1.29 is 4.79 Å². The Morgan fingerprint density at radius 1 is 1.38 bits per heavy atom. The molecule has 1 aromatic rings. The molecule has 0 fully saturated rings. The maximum absolute atomic E-state index is 12.2. The fraction of sp³-hybridized carbons (Fsp3) is 0.500. The van der Waals surface area contributed by atoms with Crippen molar-refractivity contribution in [2.45, 2.75) is 32.1 Å². The highest BCUT2D eigenvalue weighted by Gasteiger charge is 2.27. The van der Waals surface area contributed by atoms with E-state index in [0.717, 1.165) is 25.8 Å². The number of amides is 1. The summed E-state index contributed by atoms with van der Waals surface area (Å²) >= 11 is 0. The van der Waals surface area contributed by atoms with Crippen molar-refractivity contribution in [1.29, 1.82) is 0 Å². The zero-order chi connectivity index (χ0) is 11.5. The topological polar surface area (TPSA) is 20.3 Å². The molecule has 2 rings (SSSR count). The molecule has 1 aliphatic heterocycles. The maximum Gasteiger partial charge on any atom is 0.229 e. The summed E-state index contributed by atoms with van der Waals surface area (Å²) < 4.78 is 0. The molecule has 0 saturated heterocycles. The van der Waals surface area contributed by atoms with E-state index in [1.807, 2.05) is 18.0 Å². The molecule has 1 amide bonds. The number of likely N-dealkylation sites (N-methyl/N-ethyl adjacent to an activating group) is 1. The van der Waals surface area contributed by atoms with Gasteiger partial charge in [0.1, 0.15) is 0 Å². The highest BCUT2D eigenvalue weighted by atomic mass is 16.2. The Labute approximate surface area is 97.3 Å². The van der Waals surface area contributed by atoms with E-state index in [9.17, 15) is 4.79 Å². The first-order valence-electron chi connectivity index (χ1n) is 6.06. The van der Waals surface area contributed by atoms with Gasteiger partial charge in [0.15, 0.2) is 0 Å². The summed E-state index contributed by atoms with van der Waals surface area (Å²) in [6, 6.07) is 8.38. The van der Waals surface area contributed by atoms with Crippen LogP contribution in [-0.2, 0) is 11.2 Å². The molecule has 1 aliphatic rings. The zero-order valence-corrected chi connectivity index (χ0v) is 10.1. The van der Waals surface area contributed by atoms with E-state index in [0.29, 0.717) is 0 Å². The van der Waals surface area contributed by atoms with Crippen LogP contribution in [0.5, 0.6) is 0 Å². The third-order valence-electron chi connectivity index (χ3n) is 3.40. The Hall–Kier alpha value is -1.31. The van der Waals surface area contributed by atoms with Gasteiger partial charge in [-0.2, -0.15) is 0 Å². The predicted molar refractivity (Wildman–Crippen MR) is 65.4 cm³/mol. The number of fused-ring (bicyclic) bond motifs is 1. The number of hydrogen-bond acceptors (Lipinski definition) is 1. The number of carbonyl (C=O) groups is 1. The predicted octanol–water partition coefficient (Wildman–Crippen LogP) is 2.58. The van der Waals surface area contributed by atoms with Gasteiger partial charge in [-0.15, -0.1) is 0 Å². The lowest BCUT2D eigenvalue weighted by Crippen LogP contribution is -2.30. The molecule has 2 nitrogen and oxygen atoms in total. The molecule has 0 bridgehead atoms. The zero-order valence-electron chi connectivity index (χ0n) is 10.1. The second kappa shape index (κ2) is 4.69. The highest BCUT2D eigenvalue weighted by Crippen LogP contribution is 2.29. The van der Waals surface area contributed by atoms with Crippen LogP contribution in [0.2, 0.25) is 0 Å². The van der Waals surface area contributed by atoms with E-state index >= 15 is 0 Å². The Bertz CT molecular complexity index is 386. The summed E-state index contributed by atoms with van der Waals surface area (Å²) in [6.45, 7) is 2.98. The van der Waals surface area contributed by atoms with Crippen molar-refractivity contribution in [3.63, 3.8) is 0 Å². The molecule has 86 valence electrons. The summed E-state index contributed by atoms with van der Waals surface area (Å²) in [6.07, 6.45) is 3.00. The number of hydrogen-bond donors (Lipinski definition) is 0. The van der Waals surface area contributed by atoms with Gasteiger partial charge in [-0.25, -0.2) is 0 Å². The first-order valence-corrected chi connectivity index (χ1v) is 6.06. The van der Waals surface area contributed by atoms with Crippen LogP contribution in [0.4, 0.5) is 0 Å². The van der Waals surface area contributed by atoms with Gasteiger partial charge in [-0.1, -0.05) is 37.6 Å². The molecule has 1 unspecified atom stereocenters. The number of rotatable bonds is 2. The van der Waals surface area contributed by atoms with Gasteiger partial charge in [0.25, 0.3) is 0 Å². The fourth-order valence-electron chi connectivity index (χ4n) is 2.47. The van der Waals surface area contributed by atoms with E-state index in [-0.39, 0.29) is 11.8 Å². The fourth-order valence-corrected chi connectivity index (χ4v) is 2.47. The minimum Gasteiger partial charge on any atom is -0.345 e. The van der Waals surface area contributed by atoms with E-state index in [1.165, 1.54) is 11.1 Å². The average molecular weight is 217 g/mol. The van der Waals surface area contributed by atoms with Crippen molar-refractivity contribution >= 4 is 5.91 Å². The first kappa shape index (κ1) is 11.2. The maximum atomic E-state index is 12.2. The molecule has 0 N–H and O–H groups in total. The molecule has 0 saturated carbocycles. The van der Waals surface area contributed by atoms with E-state index in [2.05, 4.69) is 25.1 Å². The van der Waals surface area contributed by atoms with Crippen LogP contribution in [0.25, 0.3) is 0 Å².